The van der Waals surface area contributed by atoms with E-state index in [0.29, 0.717) is 10.9 Å². The Hall–Kier alpha value is -5.47. The van der Waals surface area contributed by atoms with Crippen molar-refractivity contribution in [3.8, 4) is 17.2 Å². The molecule has 11 nitrogen and oxygen atoms in total. The van der Waals surface area contributed by atoms with Crippen LogP contribution in [0.3, 0.4) is 0 Å². The summed E-state index contributed by atoms with van der Waals surface area (Å²) in [7, 11) is 0. The Bertz CT molecular complexity index is 2240. The van der Waals surface area contributed by atoms with Gasteiger partial charge in [-0.15, -0.1) is 0 Å². The van der Waals surface area contributed by atoms with E-state index in [4.69, 9.17) is 16.1 Å². The Morgan fingerprint density at radius 2 is 1.72 bits per heavy atom. The number of benzene rings is 3. The maximum atomic E-state index is 13.4. The number of imide groups is 2. The highest BCUT2D eigenvalue weighted by Gasteiger charge is 2.47. The monoisotopic (exact) mass is 744 g/mol. The smallest absolute Gasteiger partial charge is 0.262 e. The van der Waals surface area contributed by atoms with Crippen molar-refractivity contribution in [2.45, 2.75) is 89.6 Å². The average Bonchev–Trinajstić information content (AvgIpc) is 3.83. The van der Waals surface area contributed by atoms with Crippen LogP contribution in [-0.4, -0.2) is 52.3 Å². The summed E-state index contributed by atoms with van der Waals surface area (Å²) in [6.45, 7) is 6.76. The number of amides is 4. The van der Waals surface area contributed by atoms with Crippen LogP contribution in [0.15, 0.2) is 59.1 Å². The molecule has 0 spiro atoms. The molecule has 1 atom stereocenters. The summed E-state index contributed by atoms with van der Waals surface area (Å²) in [4.78, 5) is 54.1. The Balaban J connectivity index is 0.996. The topological polar surface area (TPSA) is 149 Å². The van der Waals surface area contributed by atoms with Crippen molar-refractivity contribution in [2.24, 2.45) is 5.92 Å². The van der Waals surface area contributed by atoms with E-state index in [0.717, 1.165) is 101 Å². The zero-order valence-corrected chi connectivity index (χ0v) is 31.3. The van der Waals surface area contributed by atoms with Crippen LogP contribution in [0.1, 0.15) is 94.7 Å². The van der Waals surface area contributed by atoms with Gasteiger partial charge in [-0.1, -0.05) is 35.0 Å². The number of piperidine rings is 1. The highest BCUT2D eigenvalue weighted by molar-refractivity contribution is 6.32. The molecule has 0 bridgehead atoms. The molecule has 4 aliphatic rings. The van der Waals surface area contributed by atoms with Gasteiger partial charge < -0.3 is 14.7 Å². The minimum Gasteiger partial charge on any atom is -0.382 e. The van der Waals surface area contributed by atoms with Crippen molar-refractivity contribution >= 4 is 52.3 Å². The summed E-state index contributed by atoms with van der Waals surface area (Å²) in [6.07, 6.45) is 5.59. The molecule has 3 heterocycles. The summed E-state index contributed by atoms with van der Waals surface area (Å²) in [5.74, 6) is -0.909. The predicted octanol–water partition coefficient (Wildman–Crippen LogP) is 7.69. The van der Waals surface area contributed by atoms with Gasteiger partial charge in [-0.05, 0) is 125 Å². The zero-order valence-electron chi connectivity index (χ0n) is 30.5. The van der Waals surface area contributed by atoms with Crippen LogP contribution < -0.4 is 15.5 Å². The van der Waals surface area contributed by atoms with Gasteiger partial charge >= 0.3 is 0 Å². The Labute approximate surface area is 318 Å². The molecule has 4 aromatic rings. The molecule has 276 valence electrons. The van der Waals surface area contributed by atoms with E-state index in [1.165, 1.54) is 0 Å². The lowest BCUT2D eigenvalue weighted by Gasteiger charge is -2.35. The highest BCUT2D eigenvalue weighted by atomic mass is 35.5. The molecule has 2 aliphatic carbocycles. The Kier molecular flexibility index (Phi) is 9.05. The number of aryl methyl sites for hydroxylation is 3. The molecule has 54 heavy (non-hydrogen) atoms. The van der Waals surface area contributed by atoms with Gasteiger partial charge in [0.05, 0.1) is 28.3 Å². The Morgan fingerprint density at radius 3 is 2.39 bits per heavy atom. The van der Waals surface area contributed by atoms with Crippen molar-refractivity contribution in [3.05, 3.63) is 93.3 Å². The number of nitriles is 1. The quantitative estimate of drug-likeness (QED) is 0.165. The van der Waals surface area contributed by atoms with Gasteiger partial charge in [0.1, 0.15) is 11.8 Å². The first-order chi connectivity index (χ1) is 26.0. The van der Waals surface area contributed by atoms with Crippen LogP contribution in [0.5, 0.6) is 0 Å². The van der Waals surface area contributed by atoms with Gasteiger partial charge in [-0.3, -0.25) is 29.4 Å². The largest absolute Gasteiger partial charge is 0.382 e. The molecule has 2 N–H and O–H groups in total. The number of hydrogen-bond donors (Lipinski definition) is 2. The third-order valence-electron chi connectivity index (χ3n) is 11.7. The molecular weight excluding hydrogens is 704 g/mol. The van der Waals surface area contributed by atoms with Crippen LogP contribution in [0, 0.1) is 38.0 Å². The van der Waals surface area contributed by atoms with Gasteiger partial charge in [0.25, 0.3) is 11.8 Å². The van der Waals surface area contributed by atoms with Gasteiger partial charge in [-0.2, -0.15) is 5.26 Å². The second-order valence-corrected chi connectivity index (χ2v) is 15.6. The molecule has 0 radical (unpaired) electrons. The lowest BCUT2D eigenvalue weighted by molar-refractivity contribution is -0.136. The number of halogens is 1. The van der Waals surface area contributed by atoms with Gasteiger partial charge in [0.15, 0.2) is 0 Å². The molecule has 4 amide bonds. The molecule has 3 aromatic carbocycles. The first kappa shape index (κ1) is 35.6. The second-order valence-electron chi connectivity index (χ2n) is 15.2. The van der Waals surface area contributed by atoms with E-state index in [9.17, 15) is 24.4 Å². The summed E-state index contributed by atoms with van der Waals surface area (Å²) >= 11 is 6.93. The standard InChI is InChI=1S/C42H41ClN6O5/c1-23-4-7-27(38-24(2)47-54-25(38)3)18-36(23)48(30-11-13-33(34(43)20-30)42(22-44)16-17-42)21-26-5-8-28(9-6-26)45-29-10-12-31-32(19-29)41(53)49(40(31)52)35-14-15-37(50)46-39(35)51/h4,7,10-13,18-20,26,28,35,45H,5-6,8-9,14-17,21H2,1-3H3,(H,46,50,51). The molecule has 1 saturated heterocycles. The van der Waals surface area contributed by atoms with E-state index in [2.05, 4.69) is 57.9 Å². The maximum absolute atomic E-state index is 13.4. The normalized spacial score (nSPS) is 21.8. The lowest BCUT2D eigenvalue weighted by atomic mass is 9.85. The third-order valence-corrected chi connectivity index (χ3v) is 12.0. The number of nitrogens with one attached hydrogen (secondary N) is 2. The molecule has 12 heteroatoms. The van der Waals surface area contributed by atoms with Gasteiger partial charge in [-0.25, -0.2) is 0 Å². The zero-order chi connectivity index (χ0) is 37.9. The second kappa shape index (κ2) is 13.7. The fourth-order valence-electron chi connectivity index (χ4n) is 8.46. The first-order valence-electron chi connectivity index (χ1n) is 18.6. The minimum absolute atomic E-state index is 0.0778. The van der Waals surface area contributed by atoms with Crippen molar-refractivity contribution in [2.75, 3.05) is 16.8 Å². The van der Waals surface area contributed by atoms with Crippen molar-refractivity contribution in [1.82, 2.24) is 15.4 Å². The van der Waals surface area contributed by atoms with E-state index in [-0.39, 0.29) is 30.0 Å². The fraction of sp³-hybridized carbons (Fsp3) is 0.381. The van der Waals surface area contributed by atoms with Crippen molar-refractivity contribution < 1.29 is 23.7 Å². The van der Waals surface area contributed by atoms with Gasteiger partial charge in [0.2, 0.25) is 11.8 Å². The van der Waals surface area contributed by atoms with Gasteiger partial charge in [0, 0.05) is 46.7 Å². The summed E-state index contributed by atoms with van der Waals surface area (Å²) in [5, 5.41) is 20.5. The predicted molar refractivity (Wildman–Crippen MR) is 204 cm³/mol. The first-order valence-corrected chi connectivity index (χ1v) is 19.0. The van der Waals surface area contributed by atoms with Crippen LogP contribution in [0.4, 0.5) is 17.1 Å². The molecule has 8 rings (SSSR count). The summed E-state index contributed by atoms with van der Waals surface area (Å²) in [6, 6.07) is 19.4. The molecule has 2 aliphatic heterocycles. The van der Waals surface area contributed by atoms with Crippen molar-refractivity contribution in [1.29, 1.82) is 5.26 Å². The number of nitrogens with zero attached hydrogens (tertiary/aromatic N) is 4. The number of carbonyl (C=O) groups is 4. The van der Waals surface area contributed by atoms with Crippen molar-refractivity contribution in [3.63, 3.8) is 0 Å². The summed E-state index contributed by atoms with van der Waals surface area (Å²) in [5.41, 5.74) is 7.71. The average molecular weight is 745 g/mol. The molecular formula is C42H41ClN6O5. The van der Waals surface area contributed by atoms with Crippen LogP contribution in [-0.2, 0) is 15.0 Å². The molecule has 1 aromatic heterocycles. The third kappa shape index (κ3) is 6.32. The number of aromatic nitrogens is 1. The van der Waals surface area contributed by atoms with Crippen LogP contribution >= 0.6 is 11.6 Å². The van der Waals surface area contributed by atoms with E-state index >= 15 is 0 Å². The number of rotatable bonds is 9. The van der Waals surface area contributed by atoms with Crippen LogP contribution in [0.25, 0.3) is 11.1 Å². The lowest BCUT2D eigenvalue weighted by Crippen LogP contribution is -2.54. The van der Waals surface area contributed by atoms with E-state index in [1.807, 2.05) is 32.0 Å². The van der Waals surface area contributed by atoms with E-state index in [1.54, 1.807) is 12.1 Å². The number of carbonyl (C=O) groups excluding carboxylic acids is 4. The fourth-order valence-corrected chi connectivity index (χ4v) is 8.82. The molecule has 3 fully saturated rings. The molecule has 2 saturated carbocycles. The van der Waals surface area contributed by atoms with E-state index < -0.39 is 35.1 Å². The molecule has 1 unspecified atom stereocenters. The maximum Gasteiger partial charge on any atom is 0.262 e. The Morgan fingerprint density at radius 1 is 0.963 bits per heavy atom. The number of hydrogen-bond acceptors (Lipinski definition) is 9. The minimum atomic E-state index is -0.996. The highest BCUT2D eigenvalue weighted by Crippen LogP contribution is 2.51. The van der Waals surface area contributed by atoms with Crippen LogP contribution in [0.2, 0.25) is 5.02 Å². The SMILES string of the molecule is Cc1ccc(-c2c(C)noc2C)cc1N(CC1CCC(Nc2ccc3c(c2)C(=O)N(C2CCC(=O)NC2=O)C3=O)CC1)c1ccc(C2(C#N)CC2)c(Cl)c1. The number of anilines is 3. The summed E-state index contributed by atoms with van der Waals surface area (Å²) < 4.78 is 5.51. The number of fused-ring (bicyclic) bond motifs is 1.